The van der Waals surface area contributed by atoms with Gasteiger partial charge in [0.2, 0.25) is 0 Å². The van der Waals surface area contributed by atoms with Crippen LogP contribution in [0.3, 0.4) is 0 Å². The molecule has 0 aliphatic rings. The van der Waals surface area contributed by atoms with E-state index in [0.717, 1.165) is 41.1 Å². The second-order valence-corrected chi connectivity index (χ2v) is 4.97. The summed E-state index contributed by atoms with van der Waals surface area (Å²) in [5.74, 6) is 0.831. The van der Waals surface area contributed by atoms with Crippen LogP contribution in [0.5, 0.6) is 5.75 Å². The summed E-state index contributed by atoms with van der Waals surface area (Å²) in [4.78, 5) is 3.22. The van der Waals surface area contributed by atoms with E-state index in [4.69, 9.17) is 17.0 Å². The molecule has 0 aliphatic carbocycles. The van der Waals surface area contributed by atoms with Gasteiger partial charge < -0.3 is 14.3 Å². The molecule has 0 saturated carbocycles. The Morgan fingerprint density at radius 3 is 3.00 bits per heavy atom. The molecule has 6 heteroatoms. The van der Waals surface area contributed by atoms with E-state index >= 15 is 0 Å². The first-order valence-corrected chi connectivity index (χ1v) is 6.93. The third kappa shape index (κ3) is 2.46. The zero-order valence-electron chi connectivity index (χ0n) is 11.2. The Morgan fingerprint density at radius 1 is 1.35 bits per heavy atom. The highest BCUT2D eigenvalue weighted by molar-refractivity contribution is 7.71. The average Bonchev–Trinajstić information content (AvgIpc) is 3.06. The van der Waals surface area contributed by atoms with Gasteiger partial charge in [0.15, 0.2) is 4.77 Å². The molecule has 1 N–H and O–H groups in total. The van der Waals surface area contributed by atoms with Crippen molar-refractivity contribution in [2.45, 2.75) is 19.5 Å². The first kappa shape index (κ1) is 12.9. The monoisotopic (exact) mass is 288 g/mol. The molecule has 0 unspecified atom stereocenters. The van der Waals surface area contributed by atoms with Crippen molar-refractivity contribution < 1.29 is 4.74 Å². The zero-order valence-corrected chi connectivity index (χ0v) is 12.1. The Hall–Kier alpha value is -2.08. The van der Waals surface area contributed by atoms with Gasteiger partial charge >= 0.3 is 0 Å². The number of aromatic amines is 1. The average molecular weight is 288 g/mol. The number of hydrogen-bond acceptors (Lipinski definition) is 3. The summed E-state index contributed by atoms with van der Waals surface area (Å²) in [6.07, 6.45) is 4.75. The van der Waals surface area contributed by atoms with Crippen molar-refractivity contribution in [3.05, 3.63) is 41.4 Å². The summed E-state index contributed by atoms with van der Waals surface area (Å²) in [6, 6.07) is 7.89. The van der Waals surface area contributed by atoms with E-state index in [9.17, 15) is 0 Å². The van der Waals surface area contributed by atoms with Gasteiger partial charge in [0.25, 0.3) is 0 Å². The first-order valence-electron chi connectivity index (χ1n) is 6.52. The molecule has 0 atom stereocenters. The summed E-state index contributed by atoms with van der Waals surface area (Å²) in [5, 5.41) is 4.20. The van der Waals surface area contributed by atoms with Gasteiger partial charge in [0, 0.05) is 31.5 Å². The molecule has 1 aromatic carbocycles. The number of fused-ring (bicyclic) bond motifs is 1. The van der Waals surface area contributed by atoms with E-state index < -0.39 is 0 Å². The van der Waals surface area contributed by atoms with Crippen LogP contribution in [0, 0.1) is 4.77 Å². The van der Waals surface area contributed by atoms with Gasteiger partial charge in [0.05, 0.1) is 18.1 Å². The number of H-pyrrole nitrogens is 1. The highest BCUT2D eigenvalue weighted by Crippen LogP contribution is 2.20. The number of nitrogens with one attached hydrogen (secondary N) is 1. The molecule has 2 heterocycles. The molecule has 3 aromatic rings. The van der Waals surface area contributed by atoms with E-state index in [1.165, 1.54) is 0 Å². The standard InChI is InChI=1S/C14H16N4OS/c1-19-11-4-5-13-12(10-11)16-14(20)18(13)9-3-8-17-7-2-6-15-17/h2,4-7,10H,3,8-9H2,1H3,(H,16,20). The van der Waals surface area contributed by atoms with Crippen LogP contribution in [0.4, 0.5) is 0 Å². The van der Waals surface area contributed by atoms with Gasteiger partial charge in [0.1, 0.15) is 5.75 Å². The Bertz CT molecular complexity index is 757. The number of imidazole rings is 1. The van der Waals surface area contributed by atoms with Crippen LogP contribution in [-0.4, -0.2) is 26.4 Å². The maximum Gasteiger partial charge on any atom is 0.178 e. The number of hydrogen-bond donors (Lipinski definition) is 1. The number of aryl methyl sites for hydroxylation is 2. The minimum absolute atomic E-state index is 0.744. The number of rotatable bonds is 5. The Balaban J connectivity index is 1.80. The van der Waals surface area contributed by atoms with E-state index in [2.05, 4.69) is 14.6 Å². The number of aromatic nitrogens is 4. The third-order valence-electron chi connectivity index (χ3n) is 3.31. The van der Waals surface area contributed by atoms with Crippen LogP contribution in [0.25, 0.3) is 11.0 Å². The summed E-state index contributed by atoms with van der Waals surface area (Å²) < 4.78 is 10.0. The Kier molecular flexibility index (Phi) is 3.56. The van der Waals surface area contributed by atoms with Crippen molar-refractivity contribution >= 4 is 23.3 Å². The van der Waals surface area contributed by atoms with Gasteiger partial charge in [-0.1, -0.05) is 0 Å². The lowest BCUT2D eigenvalue weighted by molar-refractivity contribution is 0.415. The fourth-order valence-electron chi connectivity index (χ4n) is 2.32. The van der Waals surface area contributed by atoms with Crippen molar-refractivity contribution in [2.75, 3.05) is 7.11 Å². The third-order valence-corrected chi connectivity index (χ3v) is 3.63. The highest BCUT2D eigenvalue weighted by Gasteiger charge is 2.05. The van der Waals surface area contributed by atoms with Crippen molar-refractivity contribution in [2.24, 2.45) is 0 Å². The zero-order chi connectivity index (χ0) is 13.9. The maximum atomic E-state index is 5.39. The van der Waals surface area contributed by atoms with Crippen LogP contribution in [0.15, 0.2) is 36.7 Å². The van der Waals surface area contributed by atoms with Crippen molar-refractivity contribution in [1.82, 2.24) is 19.3 Å². The molecular weight excluding hydrogens is 272 g/mol. The van der Waals surface area contributed by atoms with Gasteiger partial charge in [-0.15, -0.1) is 0 Å². The summed E-state index contributed by atoms with van der Waals surface area (Å²) in [6.45, 7) is 1.75. The largest absolute Gasteiger partial charge is 0.497 e. The van der Waals surface area contributed by atoms with Crippen LogP contribution in [0.1, 0.15) is 6.42 Å². The normalized spacial score (nSPS) is 11.1. The fourth-order valence-corrected chi connectivity index (χ4v) is 2.61. The minimum Gasteiger partial charge on any atom is -0.497 e. The molecule has 0 spiro atoms. The van der Waals surface area contributed by atoms with Crippen molar-refractivity contribution in [3.63, 3.8) is 0 Å². The lowest BCUT2D eigenvalue weighted by Crippen LogP contribution is -2.04. The Morgan fingerprint density at radius 2 is 2.25 bits per heavy atom. The van der Waals surface area contributed by atoms with Gasteiger partial charge in [-0.25, -0.2) is 0 Å². The number of nitrogens with zero attached hydrogens (tertiary/aromatic N) is 3. The molecular formula is C14H16N4OS. The van der Waals surface area contributed by atoms with E-state index in [-0.39, 0.29) is 0 Å². The topological polar surface area (TPSA) is 47.8 Å². The molecule has 104 valence electrons. The van der Waals surface area contributed by atoms with Gasteiger partial charge in [-0.2, -0.15) is 5.10 Å². The van der Waals surface area contributed by atoms with Crippen LogP contribution >= 0.6 is 12.2 Å². The van der Waals surface area contributed by atoms with E-state index in [1.807, 2.05) is 35.1 Å². The minimum atomic E-state index is 0.744. The van der Waals surface area contributed by atoms with Crippen LogP contribution in [-0.2, 0) is 13.1 Å². The SMILES string of the molecule is COc1ccc2c(c1)[nH]c(=S)n2CCCn1cccn1. The molecule has 3 rings (SSSR count). The quantitative estimate of drug-likeness (QED) is 0.734. The first-order chi connectivity index (χ1) is 9.78. The maximum absolute atomic E-state index is 5.39. The van der Waals surface area contributed by atoms with Crippen molar-refractivity contribution in [1.29, 1.82) is 0 Å². The molecule has 0 fully saturated rings. The molecule has 2 aromatic heterocycles. The van der Waals surface area contributed by atoms with Crippen LogP contribution in [0.2, 0.25) is 0 Å². The molecule has 0 saturated heterocycles. The number of ether oxygens (including phenoxy) is 1. The van der Waals surface area contributed by atoms with Gasteiger partial charge in [-0.3, -0.25) is 4.68 Å². The van der Waals surface area contributed by atoms with Crippen LogP contribution < -0.4 is 4.74 Å². The molecule has 0 radical (unpaired) electrons. The number of benzene rings is 1. The second-order valence-electron chi connectivity index (χ2n) is 4.59. The smallest absolute Gasteiger partial charge is 0.178 e. The van der Waals surface area contributed by atoms with Gasteiger partial charge in [-0.05, 0) is 36.8 Å². The fraction of sp³-hybridized carbons (Fsp3) is 0.286. The molecule has 5 nitrogen and oxygen atoms in total. The Labute approximate surface area is 121 Å². The molecule has 0 bridgehead atoms. The second kappa shape index (κ2) is 5.50. The molecule has 0 aliphatic heterocycles. The summed E-state index contributed by atoms with van der Waals surface area (Å²) in [5.41, 5.74) is 2.12. The predicted octanol–water partition coefficient (Wildman–Crippen LogP) is 2.99. The number of methoxy groups -OCH3 is 1. The predicted molar refractivity (Wildman–Crippen MR) is 80.5 cm³/mol. The molecule has 20 heavy (non-hydrogen) atoms. The lowest BCUT2D eigenvalue weighted by Gasteiger charge is -2.05. The molecule has 0 amide bonds. The van der Waals surface area contributed by atoms with E-state index in [0.29, 0.717) is 0 Å². The lowest BCUT2D eigenvalue weighted by atomic mass is 10.3. The summed E-state index contributed by atoms with van der Waals surface area (Å²) in [7, 11) is 1.66. The van der Waals surface area contributed by atoms with Crippen molar-refractivity contribution in [3.8, 4) is 5.75 Å². The highest BCUT2D eigenvalue weighted by atomic mass is 32.1. The summed E-state index contributed by atoms with van der Waals surface area (Å²) >= 11 is 5.39. The van der Waals surface area contributed by atoms with E-state index in [1.54, 1.807) is 13.3 Å².